The second-order valence-electron chi connectivity index (χ2n) is 9.30. The van der Waals surface area contributed by atoms with Crippen LogP contribution in [0.25, 0.3) is 16.6 Å². The number of rotatable bonds is 10. The molecule has 3 aromatic carbocycles. The number of aromatic nitrogens is 2. The number of ether oxygens (including phenoxy) is 2. The molecule has 5 aromatic rings. The Hall–Kier alpha value is -4.47. The highest BCUT2D eigenvalue weighted by Crippen LogP contribution is 2.31. The van der Waals surface area contributed by atoms with Gasteiger partial charge in [0.05, 0.1) is 24.6 Å². The number of hydrogen-bond donors (Lipinski definition) is 0. The van der Waals surface area contributed by atoms with Gasteiger partial charge < -0.3 is 9.47 Å². The summed E-state index contributed by atoms with van der Waals surface area (Å²) in [4.78, 5) is 12.5. The SMILES string of the molecule is COc1ccc(CN(Cc2ccc(OC)cc2)S(=O)(=O)c2ccc(-c3c(C(C)=O)nn4ccccc34)cc2)cc1. The van der Waals surface area contributed by atoms with E-state index in [1.165, 1.54) is 11.2 Å². The van der Waals surface area contributed by atoms with Crippen molar-refractivity contribution in [3.63, 3.8) is 0 Å². The van der Waals surface area contributed by atoms with E-state index in [0.717, 1.165) is 16.6 Å². The largest absolute Gasteiger partial charge is 0.497 e. The first kappa shape index (κ1) is 27.1. The van der Waals surface area contributed by atoms with Gasteiger partial charge in [-0.1, -0.05) is 42.5 Å². The predicted molar refractivity (Wildman–Crippen MR) is 153 cm³/mol. The van der Waals surface area contributed by atoms with Crippen LogP contribution in [0.5, 0.6) is 11.5 Å². The lowest BCUT2D eigenvalue weighted by molar-refractivity contribution is 0.101. The van der Waals surface area contributed by atoms with E-state index in [2.05, 4.69) is 5.10 Å². The maximum Gasteiger partial charge on any atom is 0.243 e. The number of Topliss-reactive ketones (excluding diaryl/α,β-unsaturated/α-hetero) is 1. The van der Waals surface area contributed by atoms with Gasteiger partial charge in [0.15, 0.2) is 5.78 Å². The van der Waals surface area contributed by atoms with Gasteiger partial charge in [0.1, 0.15) is 17.2 Å². The molecular weight excluding hydrogens is 526 g/mol. The number of ketones is 1. The van der Waals surface area contributed by atoms with Crippen molar-refractivity contribution in [3.8, 4) is 22.6 Å². The Kier molecular flexibility index (Phi) is 7.68. The zero-order chi connectivity index (χ0) is 28.3. The van der Waals surface area contributed by atoms with E-state index in [4.69, 9.17) is 9.47 Å². The predicted octanol–water partition coefficient (Wildman–Crippen LogP) is 5.61. The molecule has 0 unspecified atom stereocenters. The van der Waals surface area contributed by atoms with E-state index >= 15 is 0 Å². The first-order valence-electron chi connectivity index (χ1n) is 12.6. The number of nitrogens with zero attached hydrogens (tertiary/aromatic N) is 3. The van der Waals surface area contributed by atoms with Crippen molar-refractivity contribution in [2.75, 3.05) is 14.2 Å². The van der Waals surface area contributed by atoms with Gasteiger partial charge in [-0.3, -0.25) is 4.79 Å². The van der Waals surface area contributed by atoms with E-state index in [0.29, 0.717) is 28.3 Å². The summed E-state index contributed by atoms with van der Waals surface area (Å²) in [5.41, 5.74) is 4.14. The van der Waals surface area contributed by atoms with Crippen molar-refractivity contribution in [2.24, 2.45) is 0 Å². The minimum absolute atomic E-state index is 0.152. The molecule has 5 rings (SSSR count). The van der Waals surface area contributed by atoms with Gasteiger partial charge in [-0.2, -0.15) is 9.40 Å². The lowest BCUT2D eigenvalue weighted by Crippen LogP contribution is -2.30. The Morgan fingerprint density at radius 2 is 1.35 bits per heavy atom. The number of sulfonamides is 1. The molecule has 8 nitrogen and oxygen atoms in total. The molecule has 9 heteroatoms. The second kappa shape index (κ2) is 11.3. The topological polar surface area (TPSA) is 90.2 Å². The molecule has 0 bridgehead atoms. The standard InChI is InChI=1S/C31H29N3O5S/c1-22(35)31-30(29-6-4-5-19-34(29)32-31)25-11-17-28(18-12-25)40(36,37)33(20-23-7-13-26(38-2)14-8-23)21-24-9-15-27(39-3)16-10-24/h4-19H,20-21H2,1-3H3. The third kappa shape index (κ3) is 5.47. The van der Waals surface area contributed by atoms with Gasteiger partial charge >= 0.3 is 0 Å². The van der Waals surface area contributed by atoms with E-state index in [1.807, 2.05) is 66.7 Å². The van der Waals surface area contributed by atoms with Crippen molar-refractivity contribution >= 4 is 21.3 Å². The Morgan fingerprint density at radius 1 is 0.800 bits per heavy atom. The normalized spacial score (nSPS) is 11.6. The summed E-state index contributed by atoms with van der Waals surface area (Å²) >= 11 is 0. The number of carbonyl (C=O) groups is 1. The van der Waals surface area contributed by atoms with Crippen LogP contribution in [0.1, 0.15) is 28.5 Å². The number of hydrogen-bond acceptors (Lipinski definition) is 6. The van der Waals surface area contributed by atoms with E-state index in [-0.39, 0.29) is 23.8 Å². The van der Waals surface area contributed by atoms with Gasteiger partial charge in [0, 0.05) is 31.8 Å². The minimum Gasteiger partial charge on any atom is -0.497 e. The molecule has 0 aliphatic rings. The first-order valence-corrected chi connectivity index (χ1v) is 14.1. The van der Waals surface area contributed by atoms with Crippen LogP contribution in [-0.2, 0) is 23.1 Å². The third-order valence-corrected chi connectivity index (χ3v) is 8.50. The first-order chi connectivity index (χ1) is 19.3. The number of benzene rings is 3. The third-order valence-electron chi connectivity index (χ3n) is 6.69. The number of methoxy groups -OCH3 is 2. The van der Waals surface area contributed by atoms with Crippen LogP contribution in [0.2, 0.25) is 0 Å². The molecule has 2 heterocycles. The average Bonchev–Trinajstić information content (AvgIpc) is 3.38. The van der Waals surface area contributed by atoms with Gasteiger partial charge in [0.2, 0.25) is 10.0 Å². The lowest BCUT2D eigenvalue weighted by Gasteiger charge is -2.23. The van der Waals surface area contributed by atoms with Crippen LogP contribution in [0.4, 0.5) is 0 Å². The van der Waals surface area contributed by atoms with Crippen molar-refractivity contribution in [1.82, 2.24) is 13.9 Å². The van der Waals surface area contributed by atoms with Crippen LogP contribution in [0, 0.1) is 0 Å². The molecule has 0 amide bonds. The van der Waals surface area contributed by atoms with Crippen molar-refractivity contribution in [1.29, 1.82) is 0 Å². The molecule has 0 saturated carbocycles. The van der Waals surface area contributed by atoms with Crippen LogP contribution >= 0.6 is 0 Å². The number of pyridine rings is 1. The smallest absolute Gasteiger partial charge is 0.243 e. The highest BCUT2D eigenvalue weighted by Gasteiger charge is 2.26. The van der Waals surface area contributed by atoms with Gasteiger partial charge in [0.25, 0.3) is 0 Å². The molecule has 204 valence electrons. The zero-order valence-electron chi connectivity index (χ0n) is 22.4. The fourth-order valence-electron chi connectivity index (χ4n) is 4.57. The summed E-state index contributed by atoms with van der Waals surface area (Å²) < 4.78 is 41.6. The van der Waals surface area contributed by atoms with Crippen LogP contribution < -0.4 is 9.47 Å². The second-order valence-corrected chi connectivity index (χ2v) is 11.2. The molecule has 0 aliphatic heterocycles. The molecular formula is C31H29N3O5S. The van der Waals surface area contributed by atoms with Gasteiger partial charge in [-0.15, -0.1) is 0 Å². The van der Waals surface area contributed by atoms with Crippen LogP contribution in [0.15, 0.2) is 102 Å². The Bertz CT molecular complexity index is 1690. The molecule has 0 spiro atoms. The van der Waals surface area contributed by atoms with Gasteiger partial charge in [-0.25, -0.2) is 12.9 Å². The fourth-order valence-corrected chi connectivity index (χ4v) is 5.98. The summed E-state index contributed by atoms with van der Waals surface area (Å²) in [6, 6.07) is 26.9. The summed E-state index contributed by atoms with van der Waals surface area (Å²) in [7, 11) is -0.723. The number of carbonyl (C=O) groups excluding carboxylic acids is 1. The number of fused-ring (bicyclic) bond motifs is 1. The molecule has 0 atom stereocenters. The monoisotopic (exact) mass is 555 g/mol. The molecule has 0 fully saturated rings. The van der Waals surface area contributed by atoms with Crippen molar-refractivity contribution < 1.29 is 22.7 Å². The van der Waals surface area contributed by atoms with E-state index in [1.54, 1.807) is 49.2 Å². The molecule has 2 aromatic heterocycles. The zero-order valence-corrected chi connectivity index (χ0v) is 23.3. The summed E-state index contributed by atoms with van der Waals surface area (Å²) in [6.07, 6.45) is 1.78. The van der Waals surface area contributed by atoms with E-state index in [9.17, 15) is 13.2 Å². The molecule has 40 heavy (non-hydrogen) atoms. The highest BCUT2D eigenvalue weighted by atomic mass is 32.2. The average molecular weight is 556 g/mol. The van der Waals surface area contributed by atoms with Crippen molar-refractivity contribution in [3.05, 3.63) is 114 Å². The van der Waals surface area contributed by atoms with E-state index < -0.39 is 10.0 Å². The quantitative estimate of drug-likeness (QED) is 0.208. The molecule has 0 N–H and O–H groups in total. The Morgan fingerprint density at radius 3 is 1.85 bits per heavy atom. The summed E-state index contributed by atoms with van der Waals surface area (Å²) in [5.74, 6) is 1.23. The Labute approximate surface area is 233 Å². The van der Waals surface area contributed by atoms with Gasteiger partial charge in [-0.05, 0) is 65.2 Å². The van der Waals surface area contributed by atoms with Crippen LogP contribution in [0.3, 0.4) is 0 Å². The summed E-state index contributed by atoms with van der Waals surface area (Å²) in [6.45, 7) is 1.81. The fraction of sp³-hybridized carbons (Fsp3) is 0.161. The lowest BCUT2D eigenvalue weighted by atomic mass is 10.0. The minimum atomic E-state index is -3.90. The maximum absolute atomic E-state index is 14.0. The maximum atomic E-state index is 14.0. The van der Waals surface area contributed by atoms with Crippen LogP contribution in [-0.4, -0.2) is 42.3 Å². The molecule has 0 saturated heterocycles. The highest BCUT2D eigenvalue weighted by molar-refractivity contribution is 7.89. The molecule has 0 aliphatic carbocycles. The molecule has 0 radical (unpaired) electrons. The van der Waals surface area contributed by atoms with Crippen molar-refractivity contribution in [2.45, 2.75) is 24.9 Å². The summed E-state index contributed by atoms with van der Waals surface area (Å²) in [5, 5.41) is 4.43. The Balaban J connectivity index is 1.51.